The minimum absolute atomic E-state index is 0.0265. The van der Waals surface area contributed by atoms with E-state index in [9.17, 15) is 0 Å². The average molecular weight is 285 g/mol. The molecule has 0 spiro atoms. The number of rotatable bonds is 5. The fourth-order valence-electron chi connectivity index (χ4n) is 2.67. The molecule has 0 saturated carbocycles. The van der Waals surface area contributed by atoms with E-state index in [1.807, 2.05) is 6.92 Å². The van der Waals surface area contributed by atoms with E-state index in [1.165, 1.54) is 16.7 Å². The van der Waals surface area contributed by atoms with Gasteiger partial charge in [0.05, 0.1) is 12.6 Å². The summed E-state index contributed by atoms with van der Waals surface area (Å²) < 4.78 is 5.47. The Kier molecular flexibility index (Phi) is 5.05. The molecule has 4 heteroatoms. The Hall–Kier alpha value is -1.77. The van der Waals surface area contributed by atoms with Crippen LogP contribution in [0.2, 0.25) is 0 Å². The van der Waals surface area contributed by atoms with E-state index >= 15 is 0 Å². The summed E-state index contributed by atoms with van der Waals surface area (Å²) in [5, 5.41) is 3.96. The van der Waals surface area contributed by atoms with Crippen molar-refractivity contribution >= 4 is 5.57 Å². The van der Waals surface area contributed by atoms with Crippen LogP contribution in [0.4, 0.5) is 0 Å². The Bertz CT molecular complexity index is 571. The van der Waals surface area contributed by atoms with Gasteiger partial charge in [-0.25, -0.2) is 0 Å². The van der Waals surface area contributed by atoms with Gasteiger partial charge in [-0.15, -0.1) is 0 Å². The summed E-state index contributed by atoms with van der Waals surface area (Å²) in [6.45, 7) is 7.68. The van der Waals surface area contributed by atoms with E-state index in [4.69, 9.17) is 10.3 Å². The largest absolute Gasteiger partial charge is 0.377 e. The molecule has 0 aromatic heterocycles. The Morgan fingerprint density at radius 2 is 2.24 bits per heavy atom. The summed E-state index contributed by atoms with van der Waals surface area (Å²) in [5.41, 5.74) is 12.4. The van der Waals surface area contributed by atoms with Crippen LogP contribution in [-0.4, -0.2) is 12.6 Å². The molecule has 0 bridgehead atoms. The second kappa shape index (κ2) is 6.79. The minimum Gasteiger partial charge on any atom is -0.377 e. The first kappa shape index (κ1) is 15.6. The number of hydrogen-bond donors (Lipinski definition) is 0. The number of nitrogens with zero attached hydrogens (tertiary/aromatic N) is 3. The van der Waals surface area contributed by atoms with E-state index in [2.05, 4.69) is 54.2 Å². The Labute approximate surface area is 126 Å². The molecule has 1 atom stereocenters. The van der Waals surface area contributed by atoms with Crippen LogP contribution in [0.25, 0.3) is 16.0 Å². The fourth-order valence-corrected chi connectivity index (χ4v) is 2.67. The van der Waals surface area contributed by atoms with Gasteiger partial charge in [-0.05, 0) is 53.5 Å². The van der Waals surface area contributed by atoms with Crippen molar-refractivity contribution in [1.29, 1.82) is 0 Å². The second-order valence-corrected chi connectivity index (χ2v) is 6.17. The molecular formula is C17H23N3O. The molecule has 0 fully saturated rings. The first-order valence-corrected chi connectivity index (χ1v) is 7.49. The summed E-state index contributed by atoms with van der Waals surface area (Å²) in [4.78, 5) is 3.00. The molecule has 0 saturated heterocycles. The standard InChI is InChI=1S/C17H23N3O/c1-4-21-12-13-6-5-7-14(10-13)15-8-9-17(2,3)16(11-15)19-20-18/h5-7,10-11,16H,4,8-9,12H2,1-3H3. The van der Waals surface area contributed by atoms with Crippen LogP contribution in [0.1, 0.15) is 44.7 Å². The number of allylic oxidation sites excluding steroid dienone is 1. The lowest BCUT2D eigenvalue weighted by atomic mass is 9.73. The van der Waals surface area contributed by atoms with Gasteiger partial charge in [-0.3, -0.25) is 0 Å². The lowest BCUT2D eigenvalue weighted by Crippen LogP contribution is -2.29. The fraction of sp³-hybridized carbons (Fsp3) is 0.529. The van der Waals surface area contributed by atoms with Crippen LogP contribution in [0, 0.1) is 5.41 Å². The van der Waals surface area contributed by atoms with Crippen LogP contribution in [0.3, 0.4) is 0 Å². The Balaban J connectivity index is 2.27. The minimum atomic E-state index is -0.0817. The van der Waals surface area contributed by atoms with Gasteiger partial charge in [-0.2, -0.15) is 0 Å². The predicted molar refractivity (Wildman–Crippen MR) is 85.7 cm³/mol. The molecule has 112 valence electrons. The van der Waals surface area contributed by atoms with Gasteiger partial charge in [0.1, 0.15) is 0 Å². The molecule has 1 aromatic carbocycles. The molecule has 0 N–H and O–H groups in total. The van der Waals surface area contributed by atoms with Gasteiger partial charge in [0.2, 0.25) is 0 Å². The van der Waals surface area contributed by atoms with Gasteiger partial charge >= 0.3 is 0 Å². The van der Waals surface area contributed by atoms with E-state index in [-0.39, 0.29) is 11.5 Å². The van der Waals surface area contributed by atoms with E-state index < -0.39 is 0 Å². The second-order valence-electron chi connectivity index (χ2n) is 6.17. The molecule has 0 radical (unpaired) electrons. The average Bonchev–Trinajstić information content (AvgIpc) is 2.48. The summed E-state index contributed by atoms with van der Waals surface area (Å²) in [6.07, 6.45) is 4.17. The quantitative estimate of drug-likeness (QED) is 0.421. The Morgan fingerprint density at radius 1 is 1.43 bits per heavy atom. The van der Waals surface area contributed by atoms with Gasteiger partial charge < -0.3 is 4.74 Å². The van der Waals surface area contributed by atoms with Crippen molar-refractivity contribution in [1.82, 2.24) is 0 Å². The third-order valence-electron chi connectivity index (χ3n) is 4.15. The molecule has 2 rings (SSSR count). The van der Waals surface area contributed by atoms with Gasteiger partial charge in [0.15, 0.2) is 0 Å². The van der Waals surface area contributed by atoms with Crippen LogP contribution in [0.5, 0.6) is 0 Å². The molecule has 0 aliphatic heterocycles. The molecule has 1 aliphatic rings. The SMILES string of the molecule is CCOCc1cccc(C2=CC(N=[N+]=[N-])C(C)(C)CC2)c1. The third-order valence-corrected chi connectivity index (χ3v) is 4.15. The van der Waals surface area contributed by atoms with Crippen molar-refractivity contribution in [2.45, 2.75) is 46.3 Å². The van der Waals surface area contributed by atoms with E-state index in [0.29, 0.717) is 6.61 Å². The third kappa shape index (κ3) is 3.87. The molecule has 1 aliphatic carbocycles. The van der Waals surface area contributed by atoms with E-state index in [0.717, 1.165) is 19.4 Å². The highest BCUT2D eigenvalue weighted by Gasteiger charge is 2.31. The highest BCUT2D eigenvalue weighted by molar-refractivity contribution is 5.68. The van der Waals surface area contributed by atoms with Crippen molar-refractivity contribution in [2.24, 2.45) is 10.5 Å². The van der Waals surface area contributed by atoms with Crippen LogP contribution < -0.4 is 0 Å². The first-order valence-electron chi connectivity index (χ1n) is 7.49. The van der Waals surface area contributed by atoms with Gasteiger partial charge in [-0.1, -0.05) is 43.2 Å². The normalized spacial score (nSPS) is 20.5. The Morgan fingerprint density at radius 3 is 2.95 bits per heavy atom. The number of ether oxygens (including phenoxy) is 1. The van der Waals surface area contributed by atoms with Crippen LogP contribution in [-0.2, 0) is 11.3 Å². The zero-order chi connectivity index (χ0) is 15.3. The first-order chi connectivity index (χ1) is 10.1. The molecular weight excluding hydrogens is 262 g/mol. The summed E-state index contributed by atoms with van der Waals surface area (Å²) >= 11 is 0. The smallest absolute Gasteiger partial charge is 0.0716 e. The van der Waals surface area contributed by atoms with Gasteiger partial charge in [0.25, 0.3) is 0 Å². The highest BCUT2D eigenvalue weighted by Crippen LogP contribution is 2.40. The molecule has 0 heterocycles. The van der Waals surface area contributed by atoms with Crippen molar-refractivity contribution < 1.29 is 4.74 Å². The number of azide groups is 1. The molecule has 1 unspecified atom stereocenters. The van der Waals surface area contributed by atoms with Crippen molar-refractivity contribution in [2.75, 3.05) is 6.61 Å². The lowest BCUT2D eigenvalue weighted by molar-refractivity contribution is 0.134. The van der Waals surface area contributed by atoms with E-state index in [1.54, 1.807) is 0 Å². The summed E-state index contributed by atoms with van der Waals surface area (Å²) in [7, 11) is 0. The van der Waals surface area contributed by atoms with Crippen LogP contribution >= 0.6 is 0 Å². The number of hydrogen-bond acceptors (Lipinski definition) is 2. The van der Waals surface area contributed by atoms with Crippen molar-refractivity contribution in [3.63, 3.8) is 0 Å². The maximum Gasteiger partial charge on any atom is 0.0716 e. The summed E-state index contributed by atoms with van der Waals surface area (Å²) in [5.74, 6) is 0. The molecule has 4 nitrogen and oxygen atoms in total. The zero-order valence-electron chi connectivity index (χ0n) is 13.0. The zero-order valence-corrected chi connectivity index (χ0v) is 13.0. The lowest BCUT2D eigenvalue weighted by Gasteiger charge is -2.34. The monoisotopic (exact) mass is 285 g/mol. The highest BCUT2D eigenvalue weighted by atomic mass is 16.5. The van der Waals surface area contributed by atoms with Crippen molar-refractivity contribution in [3.05, 3.63) is 51.9 Å². The maximum absolute atomic E-state index is 8.76. The van der Waals surface area contributed by atoms with Gasteiger partial charge in [0, 0.05) is 11.5 Å². The van der Waals surface area contributed by atoms with Crippen molar-refractivity contribution in [3.8, 4) is 0 Å². The molecule has 0 amide bonds. The topological polar surface area (TPSA) is 58.0 Å². The predicted octanol–water partition coefficient (Wildman–Crippen LogP) is 5.11. The molecule has 1 aromatic rings. The van der Waals surface area contributed by atoms with Crippen LogP contribution in [0.15, 0.2) is 35.5 Å². The molecule has 21 heavy (non-hydrogen) atoms. The number of benzene rings is 1. The maximum atomic E-state index is 8.76. The summed E-state index contributed by atoms with van der Waals surface area (Å²) in [6, 6.07) is 8.35.